The van der Waals surface area contributed by atoms with Gasteiger partial charge in [0.2, 0.25) is 0 Å². The van der Waals surface area contributed by atoms with Crippen LogP contribution < -0.4 is 5.32 Å². The molecule has 1 saturated carbocycles. The lowest BCUT2D eigenvalue weighted by atomic mass is 9.90. The average Bonchev–Trinajstić information content (AvgIpc) is 2.15. The van der Waals surface area contributed by atoms with E-state index in [2.05, 4.69) is 98.9 Å². The minimum Gasteiger partial charge on any atom is -0.312 e. The molecule has 0 aliphatic heterocycles. The highest BCUT2D eigenvalue weighted by molar-refractivity contribution is 14.3. The van der Waals surface area contributed by atoms with Crippen LogP contribution in [0.3, 0.4) is 0 Å². The van der Waals surface area contributed by atoms with E-state index in [1.54, 1.807) is 0 Å². The average molecular weight is 562 g/mol. The molecule has 0 aromatic carbocycles. The zero-order valence-corrected chi connectivity index (χ0v) is 16.6. The first-order chi connectivity index (χ1) is 7.30. The van der Waals surface area contributed by atoms with Crippen molar-refractivity contribution in [3.05, 3.63) is 0 Å². The Morgan fingerprint density at radius 3 is 2.00 bits per heavy atom. The molecule has 96 valence electrons. The fourth-order valence-corrected chi connectivity index (χ4v) is 3.49. The first-order valence-corrected chi connectivity index (χ1v) is 9.10. The second-order valence-electron chi connectivity index (χ2n) is 4.91. The van der Waals surface area contributed by atoms with Gasteiger partial charge in [-0.1, -0.05) is 13.8 Å². The van der Waals surface area contributed by atoms with Gasteiger partial charge >= 0.3 is 0 Å². The van der Waals surface area contributed by atoms with Crippen LogP contribution in [-0.2, 0) is 0 Å². The van der Waals surface area contributed by atoms with E-state index < -0.39 is 0 Å². The van der Waals surface area contributed by atoms with Crippen molar-refractivity contribution >= 4 is 67.8 Å². The second kappa shape index (κ2) is 7.04. The summed E-state index contributed by atoms with van der Waals surface area (Å²) in [5.41, 5.74) is 0. The topological polar surface area (TPSA) is 15.3 Å². The molecule has 2 nitrogen and oxygen atoms in total. The first-order valence-electron chi connectivity index (χ1n) is 5.86. The summed E-state index contributed by atoms with van der Waals surface area (Å²) in [6, 6.07) is 2.13. The fraction of sp³-hybridized carbons (Fsp3) is 1.00. The zero-order valence-electron chi connectivity index (χ0n) is 10.1. The van der Waals surface area contributed by atoms with E-state index >= 15 is 0 Å². The fourth-order valence-electron chi connectivity index (χ4n) is 2.31. The molecule has 0 amide bonds. The van der Waals surface area contributed by atoms with E-state index in [1.165, 1.54) is 25.7 Å². The van der Waals surface area contributed by atoms with Crippen molar-refractivity contribution in [2.24, 2.45) is 0 Å². The summed E-state index contributed by atoms with van der Waals surface area (Å²) in [4.78, 5) is 2.51. The van der Waals surface area contributed by atoms with Crippen LogP contribution in [0, 0.1) is 0 Å². The number of alkyl halides is 3. The van der Waals surface area contributed by atoms with Crippen LogP contribution >= 0.6 is 67.8 Å². The van der Waals surface area contributed by atoms with E-state index in [1.807, 2.05) is 0 Å². The van der Waals surface area contributed by atoms with Crippen molar-refractivity contribution in [1.29, 1.82) is 0 Å². The third kappa shape index (κ3) is 5.40. The van der Waals surface area contributed by atoms with Crippen molar-refractivity contribution in [2.45, 2.75) is 57.2 Å². The van der Waals surface area contributed by atoms with Gasteiger partial charge in [-0.3, -0.25) is 4.90 Å². The summed E-state index contributed by atoms with van der Waals surface area (Å²) >= 11 is 7.54. The minimum atomic E-state index is 0.219. The Labute approximate surface area is 140 Å². The third-order valence-corrected chi connectivity index (χ3v) is 5.50. The third-order valence-electron chi connectivity index (χ3n) is 3.21. The molecule has 1 aliphatic rings. The summed E-state index contributed by atoms with van der Waals surface area (Å²) < 4.78 is 0.219. The molecule has 0 radical (unpaired) electrons. The second-order valence-corrected chi connectivity index (χ2v) is 15.8. The first kappa shape index (κ1) is 16.2. The van der Waals surface area contributed by atoms with Crippen LogP contribution in [0.1, 0.15) is 39.5 Å². The minimum absolute atomic E-state index is 0.219. The maximum Gasteiger partial charge on any atom is 0.176 e. The lowest BCUT2D eigenvalue weighted by molar-refractivity contribution is 0.189. The number of hydrogen-bond acceptors (Lipinski definition) is 2. The molecular weight excluding hydrogens is 541 g/mol. The summed E-state index contributed by atoms with van der Waals surface area (Å²) in [5.74, 6) is 0. The van der Waals surface area contributed by atoms with Crippen LogP contribution in [0.2, 0.25) is 0 Å². The Balaban J connectivity index is 2.37. The van der Waals surface area contributed by atoms with Crippen molar-refractivity contribution in [3.63, 3.8) is 0 Å². The molecule has 1 aliphatic carbocycles. The van der Waals surface area contributed by atoms with E-state index in [4.69, 9.17) is 0 Å². The Morgan fingerprint density at radius 1 is 1.12 bits per heavy atom. The van der Waals surface area contributed by atoms with Gasteiger partial charge in [0.25, 0.3) is 0 Å². The molecular formula is C11H21I3N2. The van der Waals surface area contributed by atoms with Gasteiger partial charge in [0, 0.05) is 18.1 Å². The van der Waals surface area contributed by atoms with Crippen molar-refractivity contribution < 1.29 is 0 Å². The van der Waals surface area contributed by atoms with Gasteiger partial charge < -0.3 is 5.32 Å². The highest BCUT2D eigenvalue weighted by Crippen LogP contribution is 2.41. The van der Waals surface area contributed by atoms with Crippen molar-refractivity contribution in [1.82, 2.24) is 10.2 Å². The van der Waals surface area contributed by atoms with Crippen molar-refractivity contribution in [3.8, 4) is 0 Å². The maximum atomic E-state index is 3.66. The van der Waals surface area contributed by atoms with E-state index in [-0.39, 0.29) is -0.441 Å². The van der Waals surface area contributed by atoms with Crippen LogP contribution in [-0.4, -0.2) is 29.6 Å². The van der Waals surface area contributed by atoms with Crippen molar-refractivity contribution in [2.75, 3.05) is 7.05 Å². The lowest BCUT2D eigenvalue weighted by Gasteiger charge is -2.39. The number of halogens is 3. The number of rotatable bonds is 4. The summed E-state index contributed by atoms with van der Waals surface area (Å²) in [6.45, 7) is 4.48. The summed E-state index contributed by atoms with van der Waals surface area (Å²) in [5, 5.41) is 3.66. The quantitative estimate of drug-likeness (QED) is 0.315. The molecule has 0 aromatic heterocycles. The van der Waals surface area contributed by atoms with Gasteiger partial charge in [-0.05, 0) is 101 Å². The Hall–Kier alpha value is 2.11. The molecule has 0 saturated heterocycles. The standard InChI is InChI=1S/C11H21I3N2/c1-8(2)15-9-4-6-10(7-5-9)16(3)11(12,13)14/h8-10,15H,4-7H2,1-3H3. The highest BCUT2D eigenvalue weighted by Gasteiger charge is 2.32. The predicted molar refractivity (Wildman–Crippen MR) is 96.9 cm³/mol. The Morgan fingerprint density at radius 2 is 1.62 bits per heavy atom. The van der Waals surface area contributed by atoms with E-state index in [0.29, 0.717) is 6.04 Å². The van der Waals surface area contributed by atoms with Gasteiger partial charge in [-0.25, -0.2) is 0 Å². The number of nitrogens with one attached hydrogen (secondary N) is 1. The van der Waals surface area contributed by atoms with Gasteiger partial charge in [-0.2, -0.15) is 0 Å². The highest BCUT2D eigenvalue weighted by atomic mass is 127. The molecule has 0 unspecified atom stereocenters. The van der Waals surface area contributed by atoms with Crippen LogP contribution in [0.4, 0.5) is 0 Å². The van der Waals surface area contributed by atoms with E-state index in [0.717, 1.165) is 12.1 Å². The Bertz CT molecular complexity index is 208. The molecule has 1 rings (SSSR count). The molecule has 1 N–H and O–H groups in total. The number of hydrogen-bond donors (Lipinski definition) is 1. The zero-order chi connectivity index (χ0) is 12.3. The normalized spacial score (nSPS) is 27.8. The van der Waals surface area contributed by atoms with Gasteiger partial charge in [0.1, 0.15) is 0 Å². The smallest absolute Gasteiger partial charge is 0.176 e. The van der Waals surface area contributed by atoms with Crippen LogP contribution in [0.5, 0.6) is 0 Å². The molecule has 0 spiro atoms. The summed E-state index contributed by atoms with van der Waals surface area (Å²) in [7, 11) is 2.26. The van der Waals surface area contributed by atoms with Gasteiger partial charge in [-0.15, -0.1) is 0 Å². The molecule has 0 bridgehead atoms. The predicted octanol–water partition coefficient (Wildman–Crippen LogP) is 4.14. The van der Waals surface area contributed by atoms with Crippen LogP contribution in [0.25, 0.3) is 0 Å². The Kier molecular flexibility index (Phi) is 7.12. The molecule has 0 heterocycles. The van der Waals surface area contributed by atoms with Crippen LogP contribution in [0.15, 0.2) is 0 Å². The van der Waals surface area contributed by atoms with Gasteiger partial charge in [0.05, 0.1) is 0 Å². The molecule has 0 atom stereocenters. The van der Waals surface area contributed by atoms with E-state index in [9.17, 15) is 0 Å². The summed E-state index contributed by atoms with van der Waals surface area (Å²) in [6.07, 6.45) is 5.32. The number of nitrogens with zero attached hydrogens (tertiary/aromatic N) is 1. The lowest BCUT2D eigenvalue weighted by Crippen LogP contribution is -2.45. The van der Waals surface area contributed by atoms with Gasteiger partial charge in [0.15, 0.2) is -0.441 Å². The maximum absolute atomic E-state index is 3.66. The SMILES string of the molecule is CC(C)NC1CCC(N(C)C(I)(I)I)CC1. The molecule has 16 heavy (non-hydrogen) atoms. The molecule has 1 fully saturated rings. The largest absolute Gasteiger partial charge is 0.312 e. The molecule has 5 heteroatoms. The molecule has 0 aromatic rings. The monoisotopic (exact) mass is 562 g/mol.